The highest BCUT2D eigenvalue weighted by Crippen LogP contribution is 2.40. The Hall–Kier alpha value is -0.123. The van der Waals surface area contributed by atoms with E-state index in [-0.39, 0.29) is 11.1 Å². The van der Waals surface area contributed by atoms with E-state index in [1.807, 2.05) is 6.08 Å². The highest BCUT2D eigenvalue weighted by molar-refractivity contribution is 6.74. The molecule has 0 unspecified atom stereocenters. The molecule has 0 spiro atoms. The maximum Gasteiger partial charge on any atom is 0.192 e. The Labute approximate surface area is 190 Å². The Balaban J connectivity index is 2.00. The molecule has 0 aromatic heterocycles. The van der Waals surface area contributed by atoms with Crippen LogP contribution < -0.4 is 0 Å². The van der Waals surface area contributed by atoms with Gasteiger partial charge in [0, 0.05) is 6.42 Å². The van der Waals surface area contributed by atoms with Gasteiger partial charge in [-0.2, -0.15) is 0 Å². The van der Waals surface area contributed by atoms with Crippen LogP contribution in [0.15, 0.2) is 12.2 Å². The molecule has 1 aliphatic carbocycles. The van der Waals surface area contributed by atoms with Crippen LogP contribution in [0.2, 0.25) is 18.1 Å². The molecule has 178 valence electrons. The highest BCUT2D eigenvalue weighted by Gasteiger charge is 2.41. The smallest absolute Gasteiger partial charge is 0.192 e. The van der Waals surface area contributed by atoms with Crippen LogP contribution in [0, 0.1) is 0 Å². The van der Waals surface area contributed by atoms with Crippen molar-refractivity contribution in [1.29, 1.82) is 0 Å². The Morgan fingerprint density at radius 3 is 1.70 bits per heavy atom. The minimum absolute atomic E-state index is 0.0996. The van der Waals surface area contributed by atoms with E-state index < -0.39 is 13.9 Å². The molecular weight excluding hydrogens is 384 g/mol. The molecule has 0 saturated carbocycles. The van der Waals surface area contributed by atoms with Crippen LogP contribution in [-0.2, 0) is 4.43 Å². The van der Waals surface area contributed by atoms with Gasteiger partial charge < -0.3 is 9.53 Å². The van der Waals surface area contributed by atoms with Crippen molar-refractivity contribution in [3.8, 4) is 0 Å². The summed E-state index contributed by atoms with van der Waals surface area (Å²) in [5.74, 6) is 0. The molecule has 3 heteroatoms. The van der Waals surface area contributed by atoms with Crippen molar-refractivity contribution in [2.24, 2.45) is 0 Å². The third kappa shape index (κ3) is 11.5. The van der Waals surface area contributed by atoms with E-state index in [1.54, 1.807) is 0 Å². The van der Waals surface area contributed by atoms with Crippen molar-refractivity contribution in [3.05, 3.63) is 12.2 Å². The zero-order valence-corrected chi connectivity index (χ0v) is 22.4. The van der Waals surface area contributed by atoms with Crippen LogP contribution in [0.25, 0.3) is 0 Å². The third-order valence-electron chi connectivity index (χ3n) is 7.39. The minimum atomic E-state index is -1.77. The fourth-order valence-corrected chi connectivity index (χ4v) is 5.49. The summed E-state index contributed by atoms with van der Waals surface area (Å²) in [6.07, 6.45) is 25.1. The molecule has 0 aromatic rings. The van der Waals surface area contributed by atoms with E-state index in [2.05, 4.69) is 46.9 Å². The molecule has 1 rings (SSSR count). The molecule has 0 bridgehead atoms. The molecule has 2 nitrogen and oxygen atoms in total. The minimum Gasteiger partial charge on any atom is -0.410 e. The van der Waals surface area contributed by atoms with E-state index in [0.29, 0.717) is 0 Å². The quantitative estimate of drug-likeness (QED) is 0.139. The molecule has 0 aliphatic heterocycles. The van der Waals surface area contributed by atoms with Gasteiger partial charge in [-0.15, -0.1) is 0 Å². The van der Waals surface area contributed by atoms with Gasteiger partial charge >= 0.3 is 0 Å². The van der Waals surface area contributed by atoms with Crippen molar-refractivity contribution in [1.82, 2.24) is 0 Å². The van der Waals surface area contributed by atoms with Crippen molar-refractivity contribution >= 4 is 8.32 Å². The van der Waals surface area contributed by atoms with Gasteiger partial charge in [-0.3, -0.25) is 0 Å². The zero-order valence-electron chi connectivity index (χ0n) is 21.4. The number of unbranched alkanes of at least 4 members (excludes halogenated alkanes) is 13. The summed E-state index contributed by atoms with van der Waals surface area (Å²) < 4.78 is 6.47. The molecule has 2 atom stereocenters. The Morgan fingerprint density at radius 1 is 0.833 bits per heavy atom. The van der Waals surface area contributed by atoms with E-state index in [1.165, 1.54) is 83.5 Å². The standard InChI is InChI=1S/C27H54O2Si/c1-7-8-9-10-11-12-13-14-15-16-17-18-19-20-22-27(28)23-21-25(24-27)29-30(5,6)26(2,3)4/h21,23,25,28H,7-20,22,24H2,1-6H3/t25-,27-/m1/s1. The number of aliphatic hydroxyl groups is 1. The van der Waals surface area contributed by atoms with Crippen LogP contribution in [0.3, 0.4) is 0 Å². The van der Waals surface area contributed by atoms with E-state index in [9.17, 15) is 5.11 Å². The summed E-state index contributed by atoms with van der Waals surface area (Å²) in [6, 6.07) is 0. The summed E-state index contributed by atoms with van der Waals surface area (Å²) in [5.41, 5.74) is -0.635. The van der Waals surface area contributed by atoms with Crippen LogP contribution >= 0.6 is 0 Å². The van der Waals surface area contributed by atoms with Crippen LogP contribution in [-0.4, -0.2) is 25.1 Å². The van der Waals surface area contributed by atoms with Crippen LogP contribution in [0.1, 0.15) is 130 Å². The second kappa shape index (κ2) is 14.1. The average molecular weight is 439 g/mol. The molecule has 30 heavy (non-hydrogen) atoms. The fraction of sp³-hybridized carbons (Fsp3) is 0.926. The molecule has 0 amide bonds. The average Bonchev–Trinajstić information content (AvgIpc) is 3.01. The summed E-state index contributed by atoms with van der Waals surface area (Å²) in [7, 11) is -1.77. The van der Waals surface area contributed by atoms with Gasteiger partial charge in [-0.05, 0) is 24.6 Å². The number of hydrogen-bond donors (Lipinski definition) is 1. The van der Waals surface area contributed by atoms with E-state index in [4.69, 9.17) is 4.43 Å². The van der Waals surface area contributed by atoms with Crippen LogP contribution in [0.5, 0.6) is 0 Å². The second-order valence-corrected chi connectivity index (χ2v) is 16.2. The van der Waals surface area contributed by atoms with Gasteiger partial charge in [0.25, 0.3) is 0 Å². The third-order valence-corrected chi connectivity index (χ3v) is 11.9. The summed E-state index contributed by atoms with van der Waals surface area (Å²) in [4.78, 5) is 0. The first kappa shape index (κ1) is 27.9. The lowest BCUT2D eigenvalue weighted by molar-refractivity contribution is 0.0507. The van der Waals surface area contributed by atoms with Gasteiger partial charge in [-0.25, -0.2) is 0 Å². The molecular formula is C27H54O2Si. The second-order valence-electron chi connectivity index (χ2n) is 11.4. The summed E-state index contributed by atoms with van der Waals surface area (Å²) >= 11 is 0. The molecule has 0 aromatic carbocycles. The molecule has 0 heterocycles. The molecule has 1 aliphatic rings. The van der Waals surface area contributed by atoms with Gasteiger partial charge in [0.05, 0.1) is 11.7 Å². The van der Waals surface area contributed by atoms with Gasteiger partial charge in [-0.1, -0.05) is 130 Å². The number of hydrogen-bond acceptors (Lipinski definition) is 2. The van der Waals surface area contributed by atoms with Crippen LogP contribution in [0.4, 0.5) is 0 Å². The van der Waals surface area contributed by atoms with Gasteiger partial charge in [0.1, 0.15) is 0 Å². The molecule has 0 radical (unpaired) electrons. The first-order valence-corrected chi connectivity index (χ1v) is 16.1. The first-order valence-electron chi connectivity index (χ1n) is 13.2. The number of rotatable bonds is 17. The lowest BCUT2D eigenvalue weighted by Crippen LogP contribution is -2.44. The van der Waals surface area contributed by atoms with E-state index >= 15 is 0 Å². The van der Waals surface area contributed by atoms with Crippen molar-refractivity contribution in [2.45, 2.75) is 160 Å². The lowest BCUT2D eigenvalue weighted by Gasteiger charge is -2.38. The lowest BCUT2D eigenvalue weighted by atomic mass is 9.94. The highest BCUT2D eigenvalue weighted by atomic mass is 28.4. The summed E-state index contributed by atoms with van der Waals surface area (Å²) in [5, 5.41) is 11.1. The van der Waals surface area contributed by atoms with E-state index in [0.717, 1.165) is 19.3 Å². The maximum atomic E-state index is 10.9. The topological polar surface area (TPSA) is 29.5 Å². The van der Waals surface area contributed by atoms with Crippen molar-refractivity contribution in [3.63, 3.8) is 0 Å². The predicted molar refractivity (Wildman–Crippen MR) is 136 cm³/mol. The maximum absolute atomic E-state index is 10.9. The Morgan fingerprint density at radius 2 is 1.27 bits per heavy atom. The van der Waals surface area contributed by atoms with Crippen molar-refractivity contribution < 1.29 is 9.53 Å². The SMILES string of the molecule is CCCCCCCCCCCCCCCC[C@@]1(O)C=C[C@@H](O[Si](C)(C)C(C)(C)C)C1. The zero-order chi connectivity index (χ0) is 22.5. The fourth-order valence-electron chi connectivity index (χ4n) is 4.22. The largest absolute Gasteiger partial charge is 0.410 e. The normalized spacial score (nSPS) is 22.2. The predicted octanol–water partition coefficient (Wildman–Crippen LogP) is 8.94. The van der Waals surface area contributed by atoms with Gasteiger partial charge in [0.2, 0.25) is 0 Å². The van der Waals surface area contributed by atoms with Gasteiger partial charge in [0.15, 0.2) is 8.32 Å². The summed E-state index contributed by atoms with van der Waals surface area (Å²) in [6.45, 7) is 13.7. The van der Waals surface area contributed by atoms with Crippen molar-refractivity contribution in [2.75, 3.05) is 0 Å². The Bertz CT molecular complexity index is 466. The first-order chi connectivity index (χ1) is 14.1. The monoisotopic (exact) mass is 438 g/mol. The Kier molecular flexibility index (Phi) is 13.1. The molecule has 1 N–H and O–H groups in total. The molecule has 0 fully saturated rings. The molecule has 0 saturated heterocycles.